The second-order valence-corrected chi connectivity index (χ2v) is 13.3. The Morgan fingerprint density at radius 2 is 0.481 bits per heavy atom. The lowest BCUT2D eigenvalue weighted by molar-refractivity contribution is -0.156. The number of carboxylic acid groups (broad SMARTS) is 1. The predicted molar refractivity (Wildman–Crippen MR) is 313 cm³/mol. The van der Waals surface area contributed by atoms with Gasteiger partial charge in [0.1, 0.15) is 0 Å². The molecule has 0 aliphatic rings. The number of ether oxygens (including phenoxy) is 2. The van der Waals surface area contributed by atoms with Gasteiger partial charge in [0.05, 0.1) is 32.0 Å². The van der Waals surface area contributed by atoms with Gasteiger partial charge in [0.25, 0.3) is 0 Å². The summed E-state index contributed by atoms with van der Waals surface area (Å²) in [7, 11) is 0. The zero-order valence-corrected chi connectivity index (χ0v) is 44.3. The molecule has 0 rings (SSSR count). The van der Waals surface area contributed by atoms with Crippen LogP contribution in [0.1, 0.15) is 67.2 Å². The third-order valence-corrected chi connectivity index (χ3v) is 6.78. The first-order valence-corrected chi connectivity index (χ1v) is 22.5. The number of carbonyl (C=O) groups excluding carboxylic acids is 2. The number of carboxylic acids is 1. The molecule has 0 aliphatic carbocycles. The van der Waals surface area contributed by atoms with Crippen molar-refractivity contribution in [3.8, 4) is 343 Å². The minimum atomic E-state index is -1.04. The number of hydrogen-bond donors (Lipinski definition) is 1. The summed E-state index contributed by atoms with van der Waals surface area (Å²) in [4.78, 5) is 33.5. The SMILES string of the molecule is CC#CC#CC#CC#CC#CC#CC#CC#CC#CC#CC#CC#CC#CC#CC#CC#CC#CC#CC#CC#CC#CC#CC#CC#CC#CC#CC#CC#CC#CC.CCC(CC)C(=O)OCC(C)(C)COC(=O)CCC(=O)O. The zero-order chi connectivity index (χ0) is 59.5. The average Bonchev–Trinajstić information content (AvgIpc) is 3.46. The minimum absolute atomic E-state index is 0.0850. The van der Waals surface area contributed by atoms with Gasteiger partial charge in [-0.1, -0.05) is 39.5 Å². The molecule has 6 nitrogen and oxygen atoms in total. The summed E-state index contributed by atoms with van der Waals surface area (Å²) < 4.78 is 10.3. The second kappa shape index (κ2) is 56.6. The number of aliphatic carboxylic acids is 1. The highest BCUT2D eigenvalue weighted by atomic mass is 16.5. The molecule has 81 heavy (non-hydrogen) atoms. The van der Waals surface area contributed by atoms with Gasteiger partial charge in [0.15, 0.2) is 0 Å². The maximum absolute atomic E-state index is 11.8. The number of carbonyl (C=O) groups is 3. The highest BCUT2D eigenvalue weighted by Crippen LogP contribution is 2.19. The van der Waals surface area contributed by atoms with Crippen molar-refractivity contribution in [1.82, 2.24) is 0 Å². The van der Waals surface area contributed by atoms with Crippen molar-refractivity contribution in [2.75, 3.05) is 13.2 Å². The Bertz CT molecular complexity index is 4200. The molecule has 0 saturated carbocycles. The first kappa shape index (κ1) is 68.7. The van der Waals surface area contributed by atoms with Crippen molar-refractivity contribution >= 4 is 17.9 Å². The van der Waals surface area contributed by atoms with Gasteiger partial charge in [-0.3, -0.25) is 14.4 Å². The summed E-state index contributed by atoms with van der Waals surface area (Å²) in [6.07, 6.45) is 1.07. The lowest BCUT2D eigenvalue weighted by atomic mass is 9.96. The summed E-state index contributed by atoms with van der Waals surface area (Å²) in [5, 5.41) is 8.47. The highest BCUT2D eigenvalue weighted by molar-refractivity contribution is 5.76. The fourth-order valence-corrected chi connectivity index (χ4v) is 3.42. The van der Waals surface area contributed by atoms with Crippen molar-refractivity contribution in [1.29, 1.82) is 0 Å². The van der Waals surface area contributed by atoms with Crippen molar-refractivity contribution in [2.24, 2.45) is 11.3 Å². The standard InChI is InChI=1S/C60H6.C15H26O6/c1-3-5-7-9-11-13-15-17-19-21-23-25-27-29-31-33-35-37-39-41-43-45-47-49-51-53-55-57-59-60-58-56-54-52-50-48-46-44-42-40-38-36-34-32-30-28-26-24-22-20-18-16-14-12-10-8-6-4-2;1-5-11(6-2)14(19)21-10-15(3,4)9-20-13(18)8-7-12(16)17/h1-2H3;11H,5-10H2,1-4H3,(H,16,17). The Labute approximate surface area is 479 Å². The second-order valence-electron chi connectivity index (χ2n) is 13.3. The van der Waals surface area contributed by atoms with Crippen molar-refractivity contribution < 1.29 is 29.0 Å². The van der Waals surface area contributed by atoms with Crippen molar-refractivity contribution in [2.45, 2.75) is 67.2 Å². The third kappa shape index (κ3) is 58.1. The zero-order valence-electron chi connectivity index (χ0n) is 44.3. The van der Waals surface area contributed by atoms with Crippen LogP contribution < -0.4 is 0 Å². The van der Waals surface area contributed by atoms with E-state index in [2.05, 4.69) is 343 Å². The highest BCUT2D eigenvalue weighted by Gasteiger charge is 2.25. The van der Waals surface area contributed by atoms with E-state index in [1.54, 1.807) is 13.8 Å². The van der Waals surface area contributed by atoms with Crippen LogP contribution in [0.4, 0.5) is 0 Å². The van der Waals surface area contributed by atoms with Crippen LogP contribution in [0, 0.1) is 355 Å². The van der Waals surface area contributed by atoms with Gasteiger partial charge in [0.2, 0.25) is 0 Å². The number of hydrogen-bond acceptors (Lipinski definition) is 5. The quantitative estimate of drug-likeness (QED) is 0.267. The van der Waals surface area contributed by atoms with Crippen LogP contribution >= 0.6 is 0 Å². The summed E-state index contributed by atoms with van der Waals surface area (Å²) >= 11 is 0. The first-order valence-electron chi connectivity index (χ1n) is 22.5. The minimum Gasteiger partial charge on any atom is -0.481 e. The molecular weight excluding hydrogens is 997 g/mol. The van der Waals surface area contributed by atoms with E-state index in [0.29, 0.717) is 0 Å². The Kier molecular flexibility index (Phi) is 48.0. The molecule has 6 heteroatoms. The Morgan fingerprint density at radius 1 is 0.309 bits per heavy atom. The van der Waals surface area contributed by atoms with Gasteiger partial charge >= 0.3 is 17.9 Å². The van der Waals surface area contributed by atoms with Gasteiger partial charge < -0.3 is 14.6 Å². The molecule has 0 aromatic heterocycles. The third-order valence-electron chi connectivity index (χ3n) is 6.78. The molecule has 0 atom stereocenters. The van der Waals surface area contributed by atoms with E-state index in [0.717, 1.165) is 12.8 Å². The van der Waals surface area contributed by atoms with Crippen molar-refractivity contribution in [3.05, 3.63) is 0 Å². The molecule has 0 saturated heterocycles. The molecule has 1 N–H and O–H groups in total. The van der Waals surface area contributed by atoms with Gasteiger partial charge in [-0.05, 0) is 121 Å². The Morgan fingerprint density at radius 3 is 0.642 bits per heavy atom. The fraction of sp³-hybridized carbons (Fsp3) is 0.187. The lowest BCUT2D eigenvalue weighted by Crippen LogP contribution is -2.30. The van der Waals surface area contributed by atoms with Crippen LogP contribution in [-0.2, 0) is 23.9 Å². The fourth-order valence-electron chi connectivity index (χ4n) is 3.42. The van der Waals surface area contributed by atoms with E-state index in [9.17, 15) is 14.4 Å². The normalized spacial score (nSPS) is 5.86. The Balaban J connectivity index is 0. The van der Waals surface area contributed by atoms with Gasteiger partial charge in [0, 0.05) is 242 Å². The van der Waals surface area contributed by atoms with Gasteiger partial charge in [-0.15, -0.1) is 0 Å². The van der Waals surface area contributed by atoms with Gasteiger partial charge in [-0.2, -0.15) is 0 Å². The van der Waals surface area contributed by atoms with E-state index >= 15 is 0 Å². The van der Waals surface area contributed by atoms with Crippen LogP contribution in [0.15, 0.2) is 0 Å². The molecule has 0 bridgehead atoms. The monoisotopic (exact) mass is 1030 g/mol. The Hall–Kier alpha value is -14.4. The largest absolute Gasteiger partial charge is 0.481 e. The van der Waals surface area contributed by atoms with E-state index in [1.165, 1.54) is 0 Å². The summed E-state index contributed by atoms with van der Waals surface area (Å²) in [6.45, 7) is 11.1. The van der Waals surface area contributed by atoms with E-state index < -0.39 is 17.4 Å². The topological polar surface area (TPSA) is 89.9 Å². The lowest BCUT2D eigenvalue weighted by Gasteiger charge is -2.24. The molecule has 0 aliphatic heterocycles. The predicted octanol–water partition coefficient (Wildman–Crippen LogP) is 3.52. The molecule has 0 amide bonds. The first-order chi connectivity index (χ1) is 39.6. The van der Waals surface area contributed by atoms with E-state index in [1.807, 2.05) is 27.7 Å². The van der Waals surface area contributed by atoms with Crippen LogP contribution in [0.2, 0.25) is 0 Å². The maximum atomic E-state index is 11.8. The number of rotatable bonds is 10. The summed E-state index contributed by atoms with van der Waals surface area (Å²) in [5.74, 6) is 144. The molecule has 0 aromatic carbocycles. The van der Waals surface area contributed by atoms with Crippen molar-refractivity contribution in [3.63, 3.8) is 0 Å². The van der Waals surface area contributed by atoms with Crippen LogP contribution in [0.5, 0.6) is 0 Å². The van der Waals surface area contributed by atoms with E-state index in [-0.39, 0.29) is 37.9 Å². The van der Waals surface area contributed by atoms with Crippen LogP contribution in [0.3, 0.4) is 0 Å². The van der Waals surface area contributed by atoms with Crippen LogP contribution in [0.25, 0.3) is 0 Å². The van der Waals surface area contributed by atoms with E-state index in [4.69, 9.17) is 14.6 Å². The molecule has 0 radical (unpaired) electrons. The summed E-state index contributed by atoms with van der Waals surface area (Å²) in [6, 6.07) is 0. The van der Waals surface area contributed by atoms with Crippen LogP contribution in [-0.4, -0.2) is 36.2 Å². The molecule has 0 unspecified atom stereocenters. The molecule has 0 heterocycles. The molecule has 368 valence electrons. The number of esters is 2. The smallest absolute Gasteiger partial charge is 0.308 e. The molecule has 0 spiro atoms. The molecular formula is C75H32O6. The summed E-state index contributed by atoms with van der Waals surface area (Å²) in [5.41, 5.74) is -0.499. The molecule has 0 fully saturated rings. The average molecular weight is 1030 g/mol. The maximum Gasteiger partial charge on any atom is 0.308 e. The molecule has 0 aromatic rings. The van der Waals surface area contributed by atoms with Gasteiger partial charge in [-0.25, -0.2) is 0 Å².